The normalized spacial score (nSPS) is 15.7. The lowest BCUT2D eigenvalue weighted by atomic mass is 10.00. The highest BCUT2D eigenvalue weighted by Gasteiger charge is 2.31. The van der Waals surface area contributed by atoms with E-state index < -0.39 is 0 Å². The van der Waals surface area contributed by atoms with Crippen LogP contribution in [0.3, 0.4) is 0 Å². The maximum Gasteiger partial charge on any atom is 0.286 e. The van der Waals surface area contributed by atoms with Gasteiger partial charge >= 0.3 is 0 Å². The van der Waals surface area contributed by atoms with E-state index >= 15 is 0 Å². The highest BCUT2D eigenvalue weighted by Crippen LogP contribution is 2.26. The lowest BCUT2D eigenvalue weighted by Gasteiger charge is -2.18. The summed E-state index contributed by atoms with van der Waals surface area (Å²) in [6.07, 6.45) is 2.38. The van der Waals surface area contributed by atoms with Gasteiger partial charge in [0.25, 0.3) is 11.1 Å². The summed E-state index contributed by atoms with van der Waals surface area (Å²) in [6, 6.07) is 19.8. The van der Waals surface area contributed by atoms with Crippen molar-refractivity contribution in [1.82, 2.24) is 14.8 Å². The average molecular weight is 434 g/mol. The number of rotatable bonds is 6. The molecule has 3 amide bonds. The van der Waals surface area contributed by atoms with Crippen LogP contribution < -0.4 is 5.32 Å². The molecule has 0 spiro atoms. The Hall–Kier alpha value is -3.32. The number of carbonyl (C=O) groups excluding carboxylic acids is 3. The molecule has 0 aliphatic carbocycles. The number of hydrogen-bond donors (Lipinski definition) is 1. The third-order valence-corrected chi connectivity index (χ3v) is 6.31. The summed E-state index contributed by atoms with van der Waals surface area (Å²) in [5.74, 6) is -0.240. The molecule has 158 valence electrons. The summed E-state index contributed by atoms with van der Waals surface area (Å²) >= 11 is 1.05. The molecule has 1 saturated heterocycles. The Balaban J connectivity index is 1.44. The summed E-state index contributed by atoms with van der Waals surface area (Å²) in [4.78, 5) is 37.5. The molecule has 3 aromatic rings. The smallest absolute Gasteiger partial charge is 0.286 e. The number of thioether (sulfide) groups is 1. The Morgan fingerprint density at radius 2 is 1.81 bits per heavy atom. The second kappa shape index (κ2) is 8.81. The van der Waals surface area contributed by atoms with Crippen molar-refractivity contribution in [3.05, 3.63) is 83.7 Å². The average Bonchev–Trinajstić information content (AvgIpc) is 3.32. The molecule has 1 N–H and O–H groups in total. The maximum absolute atomic E-state index is 12.7. The molecule has 6 nitrogen and oxygen atoms in total. The van der Waals surface area contributed by atoms with Crippen LogP contribution in [0, 0.1) is 0 Å². The van der Waals surface area contributed by atoms with E-state index in [9.17, 15) is 14.4 Å². The Bertz CT molecular complexity index is 1140. The SMILES string of the molecule is CN(Cc1cccc(-c2ccc(CC3SC(=O)NC3=O)cc2)c1)C(=O)c1cccn1C. The third-order valence-electron chi connectivity index (χ3n) is 5.33. The van der Waals surface area contributed by atoms with Gasteiger partial charge in [-0.2, -0.15) is 0 Å². The summed E-state index contributed by atoms with van der Waals surface area (Å²) in [5, 5.41) is 1.68. The van der Waals surface area contributed by atoms with Gasteiger partial charge in [-0.25, -0.2) is 0 Å². The number of imide groups is 1. The van der Waals surface area contributed by atoms with Crippen molar-refractivity contribution in [2.45, 2.75) is 18.2 Å². The topological polar surface area (TPSA) is 71.4 Å². The first kappa shape index (κ1) is 20.9. The van der Waals surface area contributed by atoms with Crippen LogP contribution in [-0.4, -0.2) is 38.8 Å². The molecular formula is C24H23N3O3S. The van der Waals surface area contributed by atoms with Crippen LogP contribution in [0.15, 0.2) is 66.9 Å². The number of hydrogen-bond acceptors (Lipinski definition) is 4. The zero-order chi connectivity index (χ0) is 22.0. The number of amides is 3. The van der Waals surface area contributed by atoms with Gasteiger partial charge < -0.3 is 9.47 Å². The molecule has 7 heteroatoms. The highest BCUT2D eigenvalue weighted by molar-refractivity contribution is 8.15. The van der Waals surface area contributed by atoms with Crippen LogP contribution in [0.2, 0.25) is 0 Å². The monoisotopic (exact) mass is 433 g/mol. The first-order chi connectivity index (χ1) is 14.9. The van der Waals surface area contributed by atoms with Crippen molar-refractivity contribution >= 4 is 28.8 Å². The summed E-state index contributed by atoms with van der Waals surface area (Å²) in [7, 11) is 3.67. The highest BCUT2D eigenvalue weighted by atomic mass is 32.2. The van der Waals surface area contributed by atoms with Crippen LogP contribution >= 0.6 is 11.8 Å². The number of benzene rings is 2. The lowest BCUT2D eigenvalue weighted by Crippen LogP contribution is -2.27. The van der Waals surface area contributed by atoms with Crippen LogP contribution in [-0.2, 0) is 24.8 Å². The molecule has 31 heavy (non-hydrogen) atoms. The first-order valence-corrected chi connectivity index (χ1v) is 10.9. The van der Waals surface area contributed by atoms with Crippen molar-refractivity contribution in [1.29, 1.82) is 0 Å². The van der Waals surface area contributed by atoms with E-state index in [2.05, 4.69) is 11.4 Å². The fourth-order valence-corrected chi connectivity index (χ4v) is 4.51. The zero-order valence-electron chi connectivity index (χ0n) is 17.4. The largest absolute Gasteiger partial charge is 0.347 e. The van der Waals surface area contributed by atoms with Gasteiger partial charge in [0.05, 0.1) is 5.25 Å². The number of nitrogens with one attached hydrogen (secondary N) is 1. The van der Waals surface area contributed by atoms with E-state index in [4.69, 9.17) is 0 Å². The lowest BCUT2D eigenvalue weighted by molar-refractivity contribution is -0.118. The van der Waals surface area contributed by atoms with Gasteiger partial charge in [-0.1, -0.05) is 54.2 Å². The Labute approximate surface area is 185 Å². The number of aryl methyl sites for hydroxylation is 1. The molecule has 0 bridgehead atoms. The van der Waals surface area contributed by atoms with E-state index in [-0.39, 0.29) is 22.3 Å². The molecule has 2 aromatic carbocycles. The van der Waals surface area contributed by atoms with E-state index in [0.29, 0.717) is 18.7 Å². The van der Waals surface area contributed by atoms with E-state index in [1.807, 2.05) is 72.4 Å². The van der Waals surface area contributed by atoms with Crippen LogP contribution in [0.1, 0.15) is 21.6 Å². The fourth-order valence-electron chi connectivity index (χ4n) is 3.65. The van der Waals surface area contributed by atoms with Crippen molar-refractivity contribution in [3.8, 4) is 11.1 Å². The molecule has 1 aliphatic heterocycles. The van der Waals surface area contributed by atoms with Gasteiger partial charge in [0.15, 0.2) is 0 Å². The van der Waals surface area contributed by atoms with Crippen molar-refractivity contribution in [2.75, 3.05) is 7.05 Å². The molecule has 1 unspecified atom stereocenters. The molecular weight excluding hydrogens is 410 g/mol. The van der Waals surface area contributed by atoms with E-state index in [1.54, 1.807) is 11.9 Å². The molecule has 1 aliphatic rings. The number of carbonyl (C=O) groups is 3. The van der Waals surface area contributed by atoms with Gasteiger partial charge in [0, 0.05) is 26.8 Å². The zero-order valence-corrected chi connectivity index (χ0v) is 18.2. The van der Waals surface area contributed by atoms with Crippen molar-refractivity contribution in [3.63, 3.8) is 0 Å². The molecule has 2 heterocycles. The molecule has 1 atom stereocenters. The van der Waals surface area contributed by atoms with Crippen molar-refractivity contribution in [2.24, 2.45) is 7.05 Å². The fraction of sp³-hybridized carbons (Fsp3) is 0.208. The Morgan fingerprint density at radius 3 is 2.45 bits per heavy atom. The number of nitrogens with zero attached hydrogens (tertiary/aromatic N) is 2. The quantitative estimate of drug-likeness (QED) is 0.641. The summed E-state index contributed by atoms with van der Waals surface area (Å²) < 4.78 is 1.82. The van der Waals surface area contributed by atoms with Crippen LogP contribution in [0.5, 0.6) is 0 Å². The first-order valence-electron chi connectivity index (χ1n) is 9.97. The number of aromatic nitrogens is 1. The standard InChI is InChI=1S/C24H23N3O3S/c1-26-12-4-7-20(26)23(29)27(2)15-17-5-3-6-19(13-17)18-10-8-16(9-11-18)14-21-22(28)25-24(30)31-21/h3-13,21H,14-15H2,1-2H3,(H,25,28,30). The van der Waals surface area contributed by atoms with Gasteiger partial charge in [0.2, 0.25) is 5.91 Å². The van der Waals surface area contributed by atoms with Gasteiger partial charge in [0.1, 0.15) is 5.69 Å². The molecule has 0 radical (unpaired) electrons. The predicted octanol–water partition coefficient (Wildman–Crippen LogP) is 3.86. The minimum absolute atomic E-state index is 0.0189. The van der Waals surface area contributed by atoms with Crippen molar-refractivity contribution < 1.29 is 14.4 Å². The molecule has 1 fully saturated rings. The maximum atomic E-state index is 12.7. The Kier molecular flexibility index (Phi) is 5.95. The molecule has 0 saturated carbocycles. The minimum Gasteiger partial charge on any atom is -0.347 e. The summed E-state index contributed by atoms with van der Waals surface area (Å²) in [6.45, 7) is 0.512. The predicted molar refractivity (Wildman–Crippen MR) is 122 cm³/mol. The van der Waals surface area contributed by atoms with E-state index in [0.717, 1.165) is 34.0 Å². The molecule has 4 rings (SSSR count). The summed E-state index contributed by atoms with van der Waals surface area (Å²) in [5.41, 5.74) is 4.83. The van der Waals surface area contributed by atoms with E-state index in [1.165, 1.54) is 0 Å². The van der Waals surface area contributed by atoms with Gasteiger partial charge in [-0.3, -0.25) is 19.7 Å². The molecule has 1 aromatic heterocycles. The second-order valence-electron chi connectivity index (χ2n) is 7.65. The minimum atomic E-state index is -0.362. The van der Waals surface area contributed by atoms with Crippen LogP contribution in [0.25, 0.3) is 11.1 Å². The Morgan fingerprint density at radius 1 is 1.03 bits per heavy atom. The van der Waals surface area contributed by atoms with Gasteiger partial charge in [-0.15, -0.1) is 0 Å². The third kappa shape index (κ3) is 4.72. The van der Waals surface area contributed by atoms with Gasteiger partial charge in [-0.05, 0) is 46.9 Å². The second-order valence-corrected chi connectivity index (χ2v) is 8.83. The van der Waals surface area contributed by atoms with Crippen LogP contribution in [0.4, 0.5) is 4.79 Å².